The predicted molar refractivity (Wildman–Crippen MR) is 110 cm³/mol. The average molecular weight is 399 g/mol. The summed E-state index contributed by atoms with van der Waals surface area (Å²) in [6, 6.07) is 21.1. The first-order valence-electron chi connectivity index (χ1n) is 8.21. The van der Waals surface area contributed by atoms with Crippen LogP contribution in [0.1, 0.15) is 15.9 Å². The van der Waals surface area contributed by atoms with E-state index < -0.39 is 0 Å². The zero-order valence-electron chi connectivity index (χ0n) is 14.2. The lowest BCUT2D eigenvalue weighted by atomic mass is 10.1. The van der Waals surface area contributed by atoms with Crippen LogP contribution in [-0.2, 0) is 11.2 Å². The Morgan fingerprint density at radius 3 is 2.19 bits per heavy atom. The van der Waals surface area contributed by atoms with Crippen LogP contribution in [0, 0.1) is 0 Å². The van der Waals surface area contributed by atoms with Crippen LogP contribution < -0.4 is 10.6 Å². The summed E-state index contributed by atoms with van der Waals surface area (Å²) in [5, 5.41) is 6.32. The molecule has 0 aliphatic heterocycles. The van der Waals surface area contributed by atoms with Crippen molar-refractivity contribution in [2.45, 2.75) is 6.42 Å². The first-order chi connectivity index (χ1) is 13.0. The van der Waals surface area contributed by atoms with E-state index in [1.165, 1.54) is 6.07 Å². The van der Waals surface area contributed by atoms with Crippen LogP contribution in [-0.4, -0.2) is 11.8 Å². The van der Waals surface area contributed by atoms with Crippen LogP contribution in [0.25, 0.3) is 0 Å². The number of anilines is 2. The maximum absolute atomic E-state index is 12.4. The molecule has 0 fully saturated rings. The fourth-order valence-electron chi connectivity index (χ4n) is 2.53. The minimum absolute atomic E-state index is 0.134. The largest absolute Gasteiger partial charge is 0.326 e. The second-order valence-corrected chi connectivity index (χ2v) is 6.71. The van der Waals surface area contributed by atoms with Gasteiger partial charge in [-0.05, 0) is 42.0 Å². The Morgan fingerprint density at radius 1 is 0.778 bits per heavy atom. The van der Waals surface area contributed by atoms with Crippen LogP contribution in [0.4, 0.5) is 11.4 Å². The van der Waals surface area contributed by atoms with Crippen molar-refractivity contribution >= 4 is 46.4 Å². The molecule has 3 aromatic carbocycles. The molecule has 0 bridgehead atoms. The van der Waals surface area contributed by atoms with Gasteiger partial charge in [0.25, 0.3) is 5.91 Å². The minimum atomic E-state index is -0.357. The molecule has 0 atom stereocenters. The van der Waals surface area contributed by atoms with E-state index in [4.69, 9.17) is 23.2 Å². The molecule has 0 aliphatic rings. The van der Waals surface area contributed by atoms with Crippen LogP contribution in [0.3, 0.4) is 0 Å². The number of amides is 2. The molecular weight excluding hydrogens is 383 g/mol. The molecule has 0 saturated carbocycles. The van der Waals surface area contributed by atoms with Gasteiger partial charge in [-0.25, -0.2) is 0 Å². The third-order valence-electron chi connectivity index (χ3n) is 3.79. The zero-order valence-corrected chi connectivity index (χ0v) is 15.7. The molecule has 0 aromatic heterocycles. The molecule has 0 unspecified atom stereocenters. The Kier molecular flexibility index (Phi) is 6.12. The Bertz CT molecular complexity index is 975. The van der Waals surface area contributed by atoms with E-state index in [0.717, 1.165) is 5.56 Å². The van der Waals surface area contributed by atoms with Crippen LogP contribution in [0.2, 0.25) is 10.0 Å². The molecule has 0 heterocycles. The fourth-order valence-corrected chi connectivity index (χ4v) is 3.03. The third-order valence-corrected chi connectivity index (χ3v) is 4.34. The number of hydrogen-bond acceptors (Lipinski definition) is 2. The van der Waals surface area contributed by atoms with E-state index in [1.807, 2.05) is 30.3 Å². The highest BCUT2D eigenvalue weighted by Gasteiger charge is 2.11. The van der Waals surface area contributed by atoms with Crippen molar-refractivity contribution in [1.29, 1.82) is 0 Å². The van der Waals surface area contributed by atoms with E-state index in [0.29, 0.717) is 22.0 Å². The summed E-state index contributed by atoms with van der Waals surface area (Å²) in [6.07, 6.45) is 0.276. The van der Waals surface area contributed by atoms with Gasteiger partial charge >= 0.3 is 0 Å². The van der Waals surface area contributed by atoms with Gasteiger partial charge in [-0.15, -0.1) is 0 Å². The van der Waals surface area contributed by atoms with Crippen molar-refractivity contribution in [2.24, 2.45) is 0 Å². The highest BCUT2D eigenvalue weighted by molar-refractivity contribution is 6.37. The molecule has 3 rings (SSSR count). The Labute approximate surface area is 167 Å². The number of carbonyl (C=O) groups is 2. The Hall–Kier alpha value is -2.82. The second-order valence-electron chi connectivity index (χ2n) is 5.87. The summed E-state index contributed by atoms with van der Waals surface area (Å²) < 4.78 is 0. The summed E-state index contributed by atoms with van der Waals surface area (Å²) in [6.45, 7) is 0. The van der Waals surface area contributed by atoms with Gasteiger partial charge in [0.05, 0.1) is 17.0 Å². The van der Waals surface area contributed by atoms with E-state index in [2.05, 4.69) is 10.6 Å². The van der Waals surface area contributed by atoms with Gasteiger partial charge in [-0.3, -0.25) is 9.59 Å². The molecular formula is C21H16Cl2N2O2. The molecule has 3 aromatic rings. The highest BCUT2D eigenvalue weighted by Crippen LogP contribution is 2.23. The lowest BCUT2D eigenvalue weighted by Crippen LogP contribution is -2.15. The number of benzene rings is 3. The number of carbonyl (C=O) groups excluding carboxylic acids is 2. The molecule has 2 amide bonds. The summed E-state index contributed by atoms with van der Waals surface area (Å²) in [7, 11) is 0. The van der Waals surface area contributed by atoms with Crippen molar-refractivity contribution in [2.75, 3.05) is 10.6 Å². The van der Waals surface area contributed by atoms with Gasteiger partial charge in [-0.1, -0.05) is 59.6 Å². The lowest BCUT2D eigenvalue weighted by Gasteiger charge is -2.10. The van der Waals surface area contributed by atoms with E-state index >= 15 is 0 Å². The standard InChI is InChI=1S/C21H16Cl2N2O2/c22-15-9-10-18(19(23)12-15)21(27)25-17-8-4-7-16(13-17)24-20(26)11-14-5-2-1-3-6-14/h1-10,12-13H,11H2,(H,24,26)(H,25,27). The third kappa shape index (κ3) is 5.33. The molecule has 0 aliphatic carbocycles. The monoisotopic (exact) mass is 398 g/mol. The minimum Gasteiger partial charge on any atom is -0.326 e. The first-order valence-corrected chi connectivity index (χ1v) is 8.97. The Balaban J connectivity index is 1.66. The molecule has 0 spiro atoms. The van der Waals surface area contributed by atoms with Gasteiger partial charge in [-0.2, -0.15) is 0 Å². The molecule has 27 heavy (non-hydrogen) atoms. The van der Waals surface area contributed by atoms with Crippen molar-refractivity contribution in [3.05, 3.63) is 94.0 Å². The normalized spacial score (nSPS) is 10.3. The summed E-state index contributed by atoms with van der Waals surface area (Å²) >= 11 is 11.9. The SMILES string of the molecule is O=C(Cc1ccccc1)Nc1cccc(NC(=O)c2ccc(Cl)cc2Cl)c1. The van der Waals surface area contributed by atoms with Crippen molar-refractivity contribution in [3.63, 3.8) is 0 Å². The van der Waals surface area contributed by atoms with Gasteiger partial charge < -0.3 is 10.6 Å². The molecule has 6 heteroatoms. The van der Waals surface area contributed by atoms with Crippen LogP contribution in [0.5, 0.6) is 0 Å². The lowest BCUT2D eigenvalue weighted by molar-refractivity contribution is -0.115. The summed E-state index contributed by atoms with van der Waals surface area (Å²) in [5.74, 6) is -0.491. The first kappa shape index (κ1) is 19.0. The zero-order chi connectivity index (χ0) is 19.2. The fraction of sp³-hybridized carbons (Fsp3) is 0.0476. The topological polar surface area (TPSA) is 58.2 Å². The van der Waals surface area contributed by atoms with Gasteiger partial charge in [0, 0.05) is 16.4 Å². The molecule has 2 N–H and O–H groups in total. The number of hydrogen-bond donors (Lipinski definition) is 2. The van der Waals surface area contributed by atoms with Crippen molar-refractivity contribution in [3.8, 4) is 0 Å². The summed E-state index contributed by atoms with van der Waals surface area (Å²) in [5.41, 5.74) is 2.39. The number of nitrogens with one attached hydrogen (secondary N) is 2. The van der Waals surface area contributed by atoms with Gasteiger partial charge in [0.2, 0.25) is 5.91 Å². The molecule has 136 valence electrons. The van der Waals surface area contributed by atoms with E-state index in [-0.39, 0.29) is 23.3 Å². The second kappa shape index (κ2) is 8.71. The van der Waals surface area contributed by atoms with Gasteiger partial charge in [0.1, 0.15) is 0 Å². The molecule has 4 nitrogen and oxygen atoms in total. The maximum Gasteiger partial charge on any atom is 0.257 e. The number of halogens is 2. The predicted octanol–water partition coefficient (Wildman–Crippen LogP) is 5.43. The Morgan fingerprint density at radius 2 is 1.48 bits per heavy atom. The summed E-state index contributed by atoms with van der Waals surface area (Å²) in [4.78, 5) is 24.6. The average Bonchev–Trinajstić information content (AvgIpc) is 2.62. The van der Waals surface area contributed by atoms with Crippen LogP contribution >= 0.6 is 23.2 Å². The van der Waals surface area contributed by atoms with Gasteiger partial charge in [0.15, 0.2) is 0 Å². The maximum atomic E-state index is 12.4. The number of rotatable bonds is 5. The highest BCUT2D eigenvalue weighted by atomic mass is 35.5. The smallest absolute Gasteiger partial charge is 0.257 e. The quantitative estimate of drug-likeness (QED) is 0.601. The van der Waals surface area contributed by atoms with E-state index in [9.17, 15) is 9.59 Å². The van der Waals surface area contributed by atoms with Crippen molar-refractivity contribution in [1.82, 2.24) is 0 Å². The van der Waals surface area contributed by atoms with E-state index in [1.54, 1.807) is 36.4 Å². The molecule has 0 radical (unpaired) electrons. The van der Waals surface area contributed by atoms with Crippen molar-refractivity contribution < 1.29 is 9.59 Å². The molecule has 0 saturated heterocycles. The van der Waals surface area contributed by atoms with Crippen LogP contribution in [0.15, 0.2) is 72.8 Å².